The fourth-order valence-electron chi connectivity index (χ4n) is 3.59. The van der Waals surface area contributed by atoms with Crippen LogP contribution in [0, 0.1) is 5.92 Å². The fourth-order valence-corrected chi connectivity index (χ4v) is 3.59. The molecule has 2 saturated heterocycles. The van der Waals surface area contributed by atoms with E-state index >= 15 is 0 Å². The molecule has 31 heavy (non-hydrogen) atoms. The molecule has 2 aromatic heterocycles. The van der Waals surface area contributed by atoms with Gasteiger partial charge in [0.25, 0.3) is 0 Å². The number of nitrogens with zero attached hydrogens (tertiary/aromatic N) is 8. The van der Waals surface area contributed by atoms with Crippen LogP contribution in [0.1, 0.15) is 40.0 Å². The molecule has 2 aliphatic rings. The first-order valence-electron chi connectivity index (χ1n) is 10.5. The van der Waals surface area contributed by atoms with Crippen molar-refractivity contribution in [2.45, 2.75) is 51.7 Å². The summed E-state index contributed by atoms with van der Waals surface area (Å²) in [6.07, 6.45) is 8.71. The zero-order chi connectivity index (χ0) is 22.3. The molecule has 4 heterocycles. The Balaban J connectivity index is 0.000000194. The Morgan fingerprint density at radius 1 is 1.03 bits per heavy atom. The standard InChI is InChI=1S/C13H20N4O2.C7H11N5/c1-13(2,3)19-12(18)6-10-4-5-17(8-10)11-7-14-9-15-16-11;8-6-1-2-12(4-6)7-3-9-5-10-11-7/h7,9-10H,4-6,8H2,1-3H3;3,5-6H,1-2,4,8H2/t10-;6-/m01/s1. The van der Waals surface area contributed by atoms with Gasteiger partial charge in [0.1, 0.15) is 18.3 Å². The van der Waals surface area contributed by atoms with E-state index in [1.54, 1.807) is 12.4 Å². The third kappa shape index (κ3) is 7.35. The van der Waals surface area contributed by atoms with Crippen molar-refractivity contribution >= 4 is 17.6 Å². The Morgan fingerprint density at radius 3 is 2.10 bits per heavy atom. The number of esters is 1. The number of carbonyl (C=O) groups excluding carboxylic acids is 1. The highest BCUT2D eigenvalue weighted by Crippen LogP contribution is 2.24. The van der Waals surface area contributed by atoms with Crippen LogP contribution in [0.15, 0.2) is 25.0 Å². The summed E-state index contributed by atoms with van der Waals surface area (Å²) in [6.45, 7) is 9.17. The van der Waals surface area contributed by atoms with Crippen molar-refractivity contribution in [3.05, 3.63) is 25.0 Å². The van der Waals surface area contributed by atoms with E-state index in [-0.39, 0.29) is 12.0 Å². The molecule has 0 aromatic carbocycles. The van der Waals surface area contributed by atoms with Gasteiger partial charge in [-0.3, -0.25) is 4.79 Å². The molecule has 0 saturated carbocycles. The highest BCUT2D eigenvalue weighted by atomic mass is 16.6. The van der Waals surface area contributed by atoms with Gasteiger partial charge in [0.15, 0.2) is 11.6 Å². The van der Waals surface area contributed by atoms with Crippen molar-refractivity contribution in [1.29, 1.82) is 0 Å². The Bertz CT molecular complexity index is 816. The molecule has 2 aliphatic heterocycles. The van der Waals surface area contributed by atoms with Crippen molar-refractivity contribution in [3.8, 4) is 0 Å². The number of nitrogens with two attached hydrogens (primary N) is 1. The topological polar surface area (TPSA) is 136 Å². The molecule has 0 bridgehead atoms. The minimum absolute atomic E-state index is 0.128. The summed E-state index contributed by atoms with van der Waals surface area (Å²) in [5, 5.41) is 15.5. The lowest BCUT2D eigenvalue weighted by molar-refractivity contribution is -0.155. The second-order valence-electron chi connectivity index (χ2n) is 8.82. The van der Waals surface area contributed by atoms with Crippen LogP contribution in [0.2, 0.25) is 0 Å². The van der Waals surface area contributed by atoms with Gasteiger partial charge < -0.3 is 20.3 Å². The van der Waals surface area contributed by atoms with Crippen LogP contribution < -0.4 is 15.5 Å². The molecule has 0 spiro atoms. The summed E-state index contributed by atoms with van der Waals surface area (Å²) in [7, 11) is 0. The second kappa shape index (κ2) is 10.4. The first kappa shape index (κ1) is 22.7. The first-order valence-corrected chi connectivity index (χ1v) is 10.5. The Labute approximate surface area is 182 Å². The van der Waals surface area contributed by atoms with Crippen LogP contribution in [0.5, 0.6) is 0 Å². The van der Waals surface area contributed by atoms with E-state index in [0.29, 0.717) is 12.3 Å². The maximum atomic E-state index is 11.8. The minimum atomic E-state index is -0.412. The molecule has 0 aliphatic carbocycles. The lowest BCUT2D eigenvalue weighted by Gasteiger charge is -2.21. The molecule has 168 valence electrons. The van der Waals surface area contributed by atoms with Crippen molar-refractivity contribution in [1.82, 2.24) is 30.4 Å². The van der Waals surface area contributed by atoms with Gasteiger partial charge in [-0.05, 0) is 39.5 Å². The van der Waals surface area contributed by atoms with Crippen LogP contribution in [0.25, 0.3) is 0 Å². The van der Waals surface area contributed by atoms with Crippen LogP contribution in [-0.4, -0.2) is 74.2 Å². The van der Waals surface area contributed by atoms with Gasteiger partial charge in [-0.2, -0.15) is 0 Å². The third-order valence-corrected chi connectivity index (χ3v) is 4.97. The molecular formula is C20H31N9O2. The van der Waals surface area contributed by atoms with E-state index in [4.69, 9.17) is 10.5 Å². The maximum Gasteiger partial charge on any atom is 0.306 e. The molecule has 0 radical (unpaired) electrons. The first-order chi connectivity index (χ1) is 14.8. The summed E-state index contributed by atoms with van der Waals surface area (Å²) < 4.78 is 5.34. The quantitative estimate of drug-likeness (QED) is 0.692. The number of rotatable bonds is 4. The molecule has 11 nitrogen and oxygen atoms in total. The highest BCUT2D eigenvalue weighted by Gasteiger charge is 2.27. The van der Waals surface area contributed by atoms with Gasteiger partial charge in [-0.1, -0.05) is 0 Å². The Kier molecular flexibility index (Phi) is 7.61. The molecule has 11 heteroatoms. The largest absolute Gasteiger partial charge is 0.460 e. The molecule has 2 atom stereocenters. The van der Waals surface area contributed by atoms with Gasteiger partial charge in [0.2, 0.25) is 0 Å². The van der Waals surface area contributed by atoms with E-state index in [2.05, 4.69) is 40.2 Å². The number of ether oxygens (including phenoxy) is 1. The van der Waals surface area contributed by atoms with Gasteiger partial charge in [-0.25, -0.2) is 9.97 Å². The van der Waals surface area contributed by atoms with Crippen LogP contribution >= 0.6 is 0 Å². The van der Waals surface area contributed by atoms with E-state index in [9.17, 15) is 4.79 Å². The second-order valence-corrected chi connectivity index (χ2v) is 8.82. The van der Waals surface area contributed by atoms with Crippen LogP contribution in [0.3, 0.4) is 0 Å². The number of hydrogen-bond donors (Lipinski definition) is 1. The number of anilines is 2. The minimum Gasteiger partial charge on any atom is -0.460 e. The predicted molar refractivity (Wildman–Crippen MR) is 115 cm³/mol. The van der Waals surface area contributed by atoms with E-state index in [0.717, 1.165) is 50.7 Å². The summed E-state index contributed by atoms with van der Waals surface area (Å²) in [4.78, 5) is 23.8. The lowest BCUT2D eigenvalue weighted by atomic mass is 10.1. The Hall–Kier alpha value is -2.95. The third-order valence-electron chi connectivity index (χ3n) is 4.97. The van der Waals surface area contributed by atoms with Crippen molar-refractivity contribution < 1.29 is 9.53 Å². The smallest absolute Gasteiger partial charge is 0.306 e. The van der Waals surface area contributed by atoms with E-state index in [1.807, 2.05) is 20.8 Å². The molecule has 0 amide bonds. The highest BCUT2D eigenvalue weighted by molar-refractivity contribution is 5.70. The predicted octanol–water partition coefficient (Wildman–Crippen LogP) is 0.839. The van der Waals surface area contributed by atoms with Crippen molar-refractivity contribution in [2.24, 2.45) is 11.7 Å². The normalized spacial score (nSPS) is 20.9. The van der Waals surface area contributed by atoms with Crippen molar-refractivity contribution in [2.75, 3.05) is 36.0 Å². The fraction of sp³-hybridized carbons (Fsp3) is 0.650. The van der Waals surface area contributed by atoms with E-state index in [1.165, 1.54) is 12.7 Å². The van der Waals surface area contributed by atoms with Gasteiger partial charge in [0.05, 0.1) is 18.8 Å². The summed E-state index contributed by atoms with van der Waals surface area (Å²) in [5.41, 5.74) is 5.34. The number of hydrogen-bond acceptors (Lipinski definition) is 11. The number of carbonyl (C=O) groups is 1. The molecule has 4 rings (SSSR count). The van der Waals surface area contributed by atoms with Crippen molar-refractivity contribution in [3.63, 3.8) is 0 Å². The van der Waals surface area contributed by atoms with Gasteiger partial charge >= 0.3 is 5.97 Å². The molecule has 2 N–H and O–H groups in total. The summed E-state index contributed by atoms with van der Waals surface area (Å²) in [6, 6.07) is 0.270. The number of aromatic nitrogens is 6. The zero-order valence-electron chi connectivity index (χ0n) is 18.4. The monoisotopic (exact) mass is 429 g/mol. The van der Waals surface area contributed by atoms with Crippen LogP contribution in [-0.2, 0) is 9.53 Å². The molecule has 2 fully saturated rings. The summed E-state index contributed by atoms with van der Waals surface area (Å²) >= 11 is 0. The SMILES string of the molecule is CC(C)(C)OC(=O)C[C@@H]1CCN(c2cncnn2)C1.N[C@@H]1CCN(c2cncnn2)C1. The van der Waals surface area contributed by atoms with Crippen LogP contribution in [0.4, 0.5) is 11.6 Å². The summed E-state index contributed by atoms with van der Waals surface area (Å²) in [5.74, 6) is 1.79. The average molecular weight is 430 g/mol. The van der Waals surface area contributed by atoms with Gasteiger partial charge in [0, 0.05) is 32.2 Å². The van der Waals surface area contributed by atoms with Gasteiger partial charge in [-0.15, -0.1) is 20.4 Å². The molecular weight excluding hydrogens is 398 g/mol. The lowest BCUT2D eigenvalue weighted by Crippen LogP contribution is -2.27. The average Bonchev–Trinajstić information content (AvgIpc) is 3.38. The zero-order valence-corrected chi connectivity index (χ0v) is 18.4. The Morgan fingerprint density at radius 2 is 1.61 bits per heavy atom. The van der Waals surface area contributed by atoms with E-state index < -0.39 is 5.60 Å². The molecule has 0 unspecified atom stereocenters. The molecule has 2 aromatic rings. The maximum absolute atomic E-state index is 11.8.